The van der Waals surface area contributed by atoms with Crippen molar-refractivity contribution in [2.24, 2.45) is 0 Å². The van der Waals surface area contributed by atoms with Crippen molar-refractivity contribution in [3.8, 4) is 16.8 Å². The molecule has 0 unspecified atom stereocenters. The molecule has 4 N–H and O–H groups in total. The minimum atomic E-state index is -0.609. The lowest BCUT2D eigenvalue weighted by Gasteiger charge is -2.22. The van der Waals surface area contributed by atoms with Crippen LogP contribution in [-0.2, 0) is 20.9 Å². The van der Waals surface area contributed by atoms with E-state index in [1.54, 1.807) is 42.6 Å². The van der Waals surface area contributed by atoms with Crippen molar-refractivity contribution in [2.75, 3.05) is 17.7 Å². The van der Waals surface area contributed by atoms with Gasteiger partial charge in [-0.3, -0.25) is 19.9 Å². The van der Waals surface area contributed by atoms with Crippen molar-refractivity contribution in [1.29, 1.82) is 0 Å². The lowest BCUT2D eigenvalue weighted by Crippen LogP contribution is -2.39. The van der Waals surface area contributed by atoms with Crippen LogP contribution in [-0.4, -0.2) is 56.3 Å². The SMILES string of the molecule is COC(=O)Nc1ccc2c(c1)N[C@@H](C(=O)NCc1ccccc1)CCCCC[C@H](NC(=O)/C=C/c1cc(Cl)ccc1-n1cnnn1)c1cc-2ccn1. The van der Waals surface area contributed by atoms with Crippen LogP contribution in [0.5, 0.6) is 0 Å². The second-order valence-corrected chi connectivity index (χ2v) is 12.7. The van der Waals surface area contributed by atoms with Crippen LogP contribution in [0.1, 0.15) is 55.0 Å². The van der Waals surface area contributed by atoms with E-state index in [-0.39, 0.29) is 11.8 Å². The molecule has 0 spiro atoms. The molecule has 13 nitrogen and oxygen atoms in total. The van der Waals surface area contributed by atoms with Crippen LogP contribution >= 0.6 is 11.6 Å². The summed E-state index contributed by atoms with van der Waals surface area (Å²) < 4.78 is 6.31. The maximum atomic E-state index is 13.7. The summed E-state index contributed by atoms with van der Waals surface area (Å²) in [6, 6.07) is 23.3. The number of fused-ring (bicyclic) bond motifs is 4. The lowest BCUT2D eigenvalue weighted by atomic mass is 9.99. The number of carbonyl (C=O) groups is 3. The molecule has 5 aromatic rings. The fourth-order valence-electron chi connectivity index (χ4n) is 6.03. The van der Waals surface area contributed by atoms with Crippen LogP contribution in [0, 0.1) is 0 Å². The highest BCUT2D eigenvalue weighted by Crippen LogP contribution is 2.34. The number of halogens is 1. The van der Waals surface area contributed by atoms with Gasteiger partial charge in [0.1, 0.15) is 12.4 Å². The first kappa shape index (κ1) is 35.7. The first-order valence-corrected chi connectivity index (χ1v) is 17.3. The third-order valence-electron chi connectivity index (χ3n) is 8.66. The average molecular weight is 720 g/mol. The van der Waals surface area contributed by atoms with Crippen LogP contribution in [0.15, 0.2) is 97.5 Å². The van der Waals surface area contributed by atoms with Crippen molar-refractivity contribution >= 4 is 47.0 Å². The highest BCUT2D eigenvalue weighted by atomic mass is 35.5. The lowest BCUT2D eigenvalue weighted by molar-refractivity contribution is -0.122. The van der Waals surface area contributed by atoms with Crippen LogP contribution in [0.4, 0.5) is 16.2 Å². The van der Waals surface area contributed by atoms with Crippen molar-refractivity contribution in [2.45, 2.75) is 50.7 Å². The highest BCUT2D eigenvalue weighted by molar-refractivity contribution is 6.30. The zero-order chi connectivity index (χ0) is 36.3. The van der Waals surface area contributed by atoms with Gasteiger partial charge in [0.15, 0.2) is 0 Å². The Balaban J connectivity index is 1.27. The van der Waals surface area contributed by atoms with Crippen LogP contribution in [0.25, 0.3) is 22.9 Å². The molecule has 1 aliphatic heterocycles. The molecule has 3 amide bonds. The van der Waals surface area contributed by atoms with Gasteiger partial charge in [-0.05, 0) is 82.9 Å². The molecule has 6 rings (SSSR count). The maximum absolute atomic E-state index is 13.7. The number of tetrazole rings is 1. The molecule has 0 aliphatic carbocycles. The number of carbonyl (C=O) groups excluding carboxylic acids is 3. The Morgan fingerprint density at radius 2 is 1.85 bits per heavy atom. The molecule has 2 bridgehead atoms. The van der Waals surface area contributed by atoms with Crippen molar-refractivity contribution in [1.82, 2.24) is 35.8 Å². The fraction of sp³-hybridized carbons (Fsp3) is 0.237. The minimum absolute atomic E-state index is 0.133. The molecular formula is C38H38ClN9O4. The van der Waals surface area contributed by atoms with Gasteiger partial charge in [0.25, 0.3) is 0 Å². The number of ether oxygens (including phenoxy) is 1. The molecule has 0 saturated carbocycles. The summed E-state index contributed by atoms with van der Waals surface area (Å²) in [6.45, 7) is 0.397. The van der Waals surface area contributed by atoms with E-state index in [0.717, 1.165) is 36.0 Å². The van der Waals surface area contributed by atoms with E-state index >= 15 is 0 Å². The molecule has 1 aliphatic rings. The van der Waals surface area contributed by atoms with Crippen molar-refractivity contribution in [3.05, 3.63) is 119 Å². The van der Waals surface area contributed by atoms with Gasteiger partial charge in [-0.2, -0.15) is 4.68 Å². The molecule has 266 valence electrons. The summed E-state index contributed by atoms with van der Waals surface area (Å²) in [5.74, 6) is -0.439. The molecule has 0 radical (unpaired) electrons. The van der Waals surface area contributed by atoms with E-state index in [4.69, 9.17) is 16.3 Å². The number of anilines is 2. The van der Waals surface area contributed by atoms with Crippen LogP contribution in [0.2, 0.25) is 5.02 Å². The normalized spacial score (nSPS) is 15.9. The zero-order valence-electron chi connectivity index (χ0n) is 28.5. The number of rotatable bonds is 8. The molecule has 14 heteroatoms. The van der Waals surface area contributed by atoms with E-state index in [1.165, 1.54) is 24.2 Å². The van der Waals surface area contributed by atoms with Gasteiger partial charge >= 0.3 is 6.09 Å². The van der Waals surface area contributed by atoms with Gasteiger partial charge < -0.3 is 20.7 Å². The van der Waals surface area contributed by atoms with E-state index in [9.17, 15) is 14.4 Å². The number of benzene rings is 3. The van der Waals surface area contributed by atoms with Gasteiger partial charge in [0.05, 0.1) is 24.5 Å². The predicted molar refractivity (Wildman–Crippen MR) is 199 cm³/mol. The highest BCUT2D eigenvalue weighted by Gasteiger charge is 2.23. The number of pyridine rings is 1. The quantitative estimate of drug-likeness (QED) is 0.131. The third kappa shape index (κ3) is 9.37. The first-order chi connectivity index (χ1) is 25.4. The summed E-state index contributed by atoms with van der Waals surface area (Å²) in [7, 11) is 1.30. The largest absolute Gasteiger partial charge is 0.453 e. The Kier molecular flexibility index (Phi) is 11.8. The Morgan fingerprint density at radius 1 is 1.00 bits per heavy atom. The Morgan fingerprint density at radius 3 is 2.65 bits per heavy atom. The van der Waals surface area contributed by atoms with Gasteiger partial charge in [0, 0.05) is 46.3 Å². The predicted octanol–water partition coefficient (Wildman–Crippen LogP) is 6.49. The van der Waals surface area contributed by atoms with Crippen molar-refractivity contribution < 1.29 is 19.1 Å². The van der Waals surface area contributed by atoms with Crippen molar-refractivity contribution in [3.63, 3.8) is 0 Å². The third-order valence-corrected chi connectivity index (χ3v) is 8.89. The van der Waals surface area contributed by atoms with Crippen LogP contribution < -0.4 is 21.3 Å². The van der Waals surface area contributed by atoms with Gasteiger partial charge in [-0.25, -0.2) is 4.79 Å². The topological polar surface area (TPSA) is 165 Å². The second kappa shape index (κ2) is 17.2. The number of methoxy groups -OCH3 is 1. The molecule has 3 aromatic carbocycles. The monoisotopic (exact) mass is 719 g/mol. The Hall–Kier alpha value is -6.08. The number of hydrogen-bond donors (Lipinski definition) is 4. The second-order valence-electron chi connectivity index (χ2n) is 12.2. The van der Waals surface area contributed by atoms with E-state index in [2.05, 4.69) is 41.8 Å². The number of nitrogens with one attached hydrogen (secondary N) is 4. The number of aromatic nitrogens is 5. The van der Waals surface area contributed by atoms with Gasteiger partial charge in [-0.15, -0.1) is 5.10 Å². The molecule has 2 aromatic heterocycles. The number of hydrogen-bond acceptors (Lipinski definition) is 9. The Bertz CT molecular complexity index is 2040. The fourth-order valence-corrected chi connectivity index (χ4v) is 6.21. The van der Waals surface area contributed by atoms with E-state index < -0.39 is 18.2 Å². The van der Waals surface area contributed by atoms with Crippen LogP contribution in [0.3, 0.4) is 0 Å². The van der Waals surface area contributed by atoms with E-state index in [0.29, 0.717) is 52.7 Å². The molecule has 52 heavy (non-hydrogen) atoms. The maximum Gasteiger partial charge on any atom is 0.411 e. The summed E-state index contributed by atoms with van der Waals surface area (Å²) in [5, 5.41) is 24.3. The van der Waals surface area contributed by atoms with Gasteiger partial charge in [0.2, 0.25) is 11.8 Å². The van der Waals surface area contributed by atoms with E-state index in [1.807, 2.05) is 48.5 Å². The Labute approximate surface area is 305 Å². The first-order valence-electron chi connectivity index (χ1n) is 16.9. The number of nitrogens with zero attached hydrogens (tertiary/aromatic N) is 5. The summed E-state index contributed by atoms with van der Waals surface area (Å²) in [4.78, 5) is 43.8. The minimum Gasteiger partial charge on any atom is -0.453 e. The molecule has 0 fully saturated rings. The summed E-state index contributed by atoms with van der Waals surface area (Å²) >= 11 is 6.27. The molecule has 3 heterocycles. The average Bonchev–Trinajstić information content (AvgIpc) is 3.70. The molecular weight excluding hydrogens is 682 g/mol. The molecule has 0 saturated heterocycles. The summed E-state index contributed by atoms with van der Waals surface area (Å²) in [5.41, 5.74) is 5.78. The summed E-state index contributed by atoms with van der Waals surface area (Å²) in [6.07, 6.45) is 9.26. The smallest absolute Gasteiger partial charge is 0.411 e. The molecule has 2 atom stereocenters. The zero-order valence-corrected chi connectivity index (χ0v) is 29.2. The standard InChI is InChI=1S/C38H38ClN9O4/c1-52-38(51)43-29-14-15-30-26-18-19-40-34(21-26)31(45-36(49)17-12-27-20-28(39)13-16-35(27)48-24-42-46-47-48)10-6-3-7-11-32(44-33(30)22-29)37(50)41-23-25-8-4-2-5-9-25/h2,4-5,8-9,12-22,24,31-32,44H,3,6-7,10-11,23H2,1H3,(H,41,50)(H,43,51)(H,45,49)/b17-12+/t31-,32+/m0/s1. The van der Waals surface area contributed by atoms with Gasteiger partial charge in [-0.1, -0.05) is 67.3 Å². The number of amides is 3.